The standard InChI is InChI=1S/C20H33N3O/c1-3-4-5-18-22-12-17(23-18)11-21-14(2)19-7-15-6-16(8-19)10-20(24,9-15)13-19/h12,14-16,21,24H,3-11,13H2,1-2H3,(H,22,23). The van der Waals surface area contributed by atoms with Crippen LogP contribution in [0.1, 0.15) is 76.7 Å². The first-order valence-electron chi connectivity index (χ1n) is 9.99. The van der Waals surface area contributed by atoms with E-state index in [-0.39, 0.29) is 5.60 Å². The van der Waals surface area contributed by atoms with Gasteiger partial charge in [-0.15, -0.1) is 0 Å². The van der Waals surface area contributed by atoms with Gasteiger partial charge >= 0.3 is 0 Å². The van der Waals surface area contributed by atoms with E-state index in [0.717, 1.165) is 49.9 Å². The van der Waals surface area contributed by atoms with Crippen molar-refractivity contribution >= 4 is 0 Å². The number of unbranched alkanes of at least 4 members (excludes halogenated alkanes) is 1. The zero-order chi connectivity index (χ0) is 16.8. The van der Waals surface area contributed by atoms with Crippen LogP contribution >= 0.6 is 0 Å². The summed E-state index contributed by atoms with van der Waals surface area (Å²) in [7, 11) is 0. The van der Waals surface area contributed by atoms with Crippen LogP contribution in [0.3, 0.4) is 0 Å². The van der Waals surface area contributed by atoms with Gasteiger partial charge in [-0.25, -0.2) is 4.98 Å². The first-order chi connectivity index (χ1) is 11.5. The lowest BCUT2D eigenvalue weighted by atomic mass is 9.46. The van der Waals surface area contributed by atoms with Gasteiger partial charge in [0.15, 0.2) is 0 Å². The molecule has 0 radical (unpaired) electrons. The molecule has 3 unspecified atom stereocenters. The zero-order valence-electron chi connectivity index (χ0n) is 15.3. The van der Waals surface area contributed by atoms with Crippen molar-refractivity contribution in [2.45, 2.75) is 89.8 Å². The average molecular weight is 332 g/mol. The molecule has 134 valence electrons. The molecule has 3 atom stereocenters. The average Bonchev–Trinajstić information content (AvgIpc) is 2.96. The molecule has 0 amide bonds. The van der Waals surface area contributed by atoms with Gasteiger partial charge in [0, 0.05) is 30.9 Å². The third-order valence-electron chi connectivity index (χ3n) is 7.04. The van der Waals surface area contributed by atoms with E-state index in [9.17, 15) is 5.11 Å². The number of aryl methyl sites for hydroxylation is 1. The first-order valence-corrected chi connectivity index (χ1v) is 9.99. The van der Waals surface area contributed by atoms with Gasteiger partial charge in [0.05, 0.1) is 5.60 Å². The lowest BCUT2D eigenvalue weighted by Crippen LogP contribution is -2.61. The maximum atomic E-state index is 10.9. The molecule has 4 aliphatic rings. The summed E-state index contributed by atoms with van der Waals surface area (Å²) in [6.45, 7) is 5.41. The summed E-state index contributed by atoms with van der Waals surface area (Å²) in [5, 5.41) is 14.7. The molecule has 1 aromatic rings. The number of aromatic amines is 1. The Bertz CT molecular complexity index is 567. The molecule has 24 heavy (non-hydrogen) atoms. The largest absolute Gasteiger partial charge is 0.390 e. The van der Waals surface area contributed by atoms with Crippen LogP contribution in [0.2, 0.25) is 0 Å². The fraction of sp³-hybridized carbons (Fsp3) is 0.850. The lowest BCUT2D eigenvalue weighted by Gasteiger charge is -2.62. The van der Waals surface area contributed by atoms with Crippen LogP contribution in [0.25, 0.3) is 0 Å². The summed E-state index contributed by atoms with van der Waals surface area (Å²) in [6, 6.07) is 0.456. The fourth-order valence-corrected chi connectivity index (χ4v) is 6.24. The number of hydrogen-bond donors (Lipinski definition) is 3. The van der Waals surface area contributed by atoms with Crippen molar-refractivity contribution in [1.29, 1.82) is 0 Å². The van der Waals surface area contributed by atoms with Gasteiger partial charge in [0.1, 0.15) is 5.82 Å². The Labute approximate surface area is 145 Å². The minimum absolute atomic E-state index is 0.309. The highest BCUT2D eigenvalue weighted by molar-refractivity contribution is 5.11. The molecule has 4 nitrogen and oxygen atoms in total. The first kappa shape index (κ1) is 16.6. The van der Waals surface area contributed by atoms with E-state index in [0.29, 0.717) is 11.5 Å². The van der Waals surface area contributed by atoms with E-state index in [1.54, 1.807) is 0 Å². The summed E-state index contributed by atoms with van der Waals surface area (Å²) in [5.41, 5.74) is 1.14. The molecule has 5 rings (SSSR count). The van der Waals surface area contributed by atoms with Crippen LogP contribution in [0.4, 0.5) is 0 Å². The quantitative estimate of drug-likeness (QED) is 0.716. The second kappa shape index (κ2) is 6.14. The summed E-state index contributed by atoms with van der Waals surface area (Å²) in [5.74, 6) is 2.63. The number of imidazole rings is 1. The molecule has 0 saturated heterocycles. The van der Waals surface area contributed by atoms with Crippen molar-refractivity contribution in [2.75, 3.05) is 0 Å². The Morgan fingerprint density at radius 2 is 2.08 bits per heavy atom. The Kier molecular flexibility index (Phi) is 4.24. The number of aliphatic hydroxyl groups is 1. The molecule has 4 saturated carbocycles. The number of hydrogen-bond acceptors (Lipinski definition) is 3. The van der Waals surface area contributed by atoms with Gasteiger partial charge in [0.2, 0.25) is 0 Å². The number of H-pyrrole nitrogens is 1. The minimum Gasteiger partial charge on any atom is -0.390 e. The molecule has 4 aliphatic carbocycles. The maximum Gasteiger partial charge on any atom is 0.106 e. The molecule has 3 N–H and O–H groups in total. The van der Waals surface area contributed by atoms with Crippen LogP contribution in [0, 0.1) is 17.3 Å². The number of rotatable bonds is 7. The Balaban J connectivity index is 1.38. The lowest BCUT2D eigenvalue weighted by molar-refractivity contribution is -0.172. The topological polar surface area (TPSA) is 60.9 Å². The normalized spacial score (nSPS) is 38.6. The van der Waals surface area contributed by atoms with Crippen LogP contribution < -0.4 is 5.32 Å². The van der Waals surface area contributed by atoms with E-state index in [1.165, 1.54) is 37.8 Å². The maximum absolute atomic E-state index is 10.9. The van der Waals surface area contributed by atoms with Crippen molar-refractivity contribution in [3.63, 3.8) is 0 Å². The van der Waals surface area contributed by atoms with Crippen LogP contribution in [0.15, 0.2) is 6.20 Å². The number of nitrogens with one attached hydrogen (secondary N) is 2. The van der Waals surface area contributed by atoms with Gasteiger partial charge in [-0.2, -0.15) is 0 Å². The summed E-state index contributed by atoms with van der Waals surface area (Å²) >= 11 is 0. The molecule has 4 bridgehead atoms. The second-order valence-corrected chi connectivity index (χ2v) is 9.11. The monoisotopic (exact) mass is 331 g/mol. The summed E-state index contributed by atoms with van der Waals surface area (Å²) < 4.78 is 0. The fourth-order valence-electron chi connectivity index (χ4n) is 6.24. The molecule has 4 fully saturated rings. The molecule has 1 heterocycles. The van der Waals surface area contributed by atoms with Crippen molar-refractivity contribution < 1.29 is 5.11 Å². The van der Waals surface area contributed by atoms with Crippen LogP contribution in [0.5, 0.6) is 0 Å². The van der Waals surface area contributed by atoms with Crippen molar-refractivity contribution in [2.24, 2.45) is 17.3 Å². The van der Waals surface area contributed by atoms with Crippen molar-refractivity contribution in [1.82, 2.24) is 15.3 Å². The van der Waals surface area contributed by atoms with E-state index < -0.39 is 0 Å². The van der Waals surface area contributed by atoms with Crippen LogP contribution in [-0.4, -0.2) is 26.7 Å². The van der Waals surface area contributed by atoms with E-state index in [4.69, 9.17) is 0 Å². The summed E-state index contributed by atoms with van der Waals surface area (Å²) in [6.07, 6.45) is 12.5. The number of nitrogens with zero attached hydrogens (tertiary/aromatic N) is 1. The Morgan fingerprint density at radius 1 is 1.33 bits per heavy atom. The highest BCUT2D eigenvalue weighted by atomic mass is 16.3. The molecule has 0 spiro atoms. The third kappa shape index (κ3) is 3.03. The molecule has 0 aliphatic heterocycles. The second-order valence-electron chi connectivity index (χ2n) is 9.11. The third-order valence-corrected chi connectivity index (χ3v) is 7.04. The Morgan fingerprint density at radius 3 is 2.75 bits per heavy atom. The van der Waals surface area contributed by atoms with Gasteiger partial charge in [-0.05, 0) is 69.1 Å². The van der Waals surface area contributed by atoms with Gasteiger partial charge in [-0.3, -0.25) is 0 Å². The predicted octanol–water partition coefficient (Wildman–Crippen LogP) is 3.56. The number of aromatic nitrogens is 2. The van der Waals surface area contributed by atoms with Crippen molar-refractivity contribution in [3.8, 4) is 0 Å². The predicted molar refractivity (Wildman–Crippen MR) is 95.6 cm³/mol. The molecule has 4 heteroatoms. The highest BCUT2D eigenvalue weighted by Crippen LogP contribution is 2.62. The zero-order valence-corrected chi connectivity index (χ0v) is 15.3. The molecule has 1 aromatic heterocycles. The molecule has 0 aromatic carbocycles. The van der Waals surface area contributed by atoms with Crippen LogP contribution in [-0.2, 0) is 13.0 Å². The van der Waals surface area contributed by atoms with Gasteiger partial charge in [0.25, 0.3) is 0 Å². The highest BCUT2D eigenvalue weighted by Gasteiger charge is 2.58. The van der Waals surface area contributed by atoms with Gasteiger partial charge < -0.3 is 15.4 Å². The smallest absolute Gasteiger partial charge is 0.106 e. The SMILES string of the molecule is CCCCc1ncc(CNC(C)C23CC4CC(CC(O)(C4)C2)C3)[nH]1. The van der Waals surface area contributed by atoms with Gasteiger partial charge in [-0.1, -0.05) is 13.3 Å². The Hall–Kier alpha value is -0.870. The van der Waals surface area contributed by atoms with Crippen molar-refractivity contribution in [3.05, 3.63) is 17.7 Å². The van der Waals surface area contributed by atoms with E-state index >= 15 is 0 Å². The minimum atomic E-state index is -0.360. The van der Waals surface area contributed by atoms with E-state index in [1.807, 2.05) is 6.20 Å². The summed E-state index contributed by atoms with van der Waals surface area (Å²) in [4.78, 5) is 7.96. The molecular formula is C20H33N3O. The van der Waals surface area contributed by atoms with E-state index in [2.05, 4.69) is 29.1 Å². The molecular weight excluding hydrogens is 298 g/mol.